The summed E-state index contributed by atoms with van der Waals surface area (Å²) in [5.41, 5.74) is 2.27. The van der Waals surface area contributed by atoms with Gasteiger partial charge in [-0.25, -0.2) is 18.4 Å². The first kappa shape index (κ1) is 20.3. The van der Waals surface area contributed by atoms with E-state index < -0.39 is 22.1 Å². The average Bonchev–Trinajstić information content (AvgIpc) is 2.72. The number of nitrogens with zero attached hydrogens (tertiary/aromatic N) is 3. The van der Waals surface area contributed by atoms with Crippen molar-refractivity contribution in [1.82, 2.24) is 14.3 Å². The highest BCUT2D eigenvalue weighted by Gasteiger charge is 2.33. The van der Waals surface area contributed by atoms with Gasteiger partial charge in [0, 0.05) is 42.9 Å². The summed E-state index contributed by atoms with van der Waals surface area (Å²) in [5.74, 6) is -0.0283. The summed E-state index contributed by atoms with van der Waals surface area (Å²) in [6.45, 7) is 0.196. The first-order valence-electron chi connectivity index (χ1n) is 8.98. The lowest BCUT2D eigenvalue weighted by Crippen LogP contribution is -2.36. The number of alkyl halides is 3. The molecule has 1 aromatic heterocycles. The standard InChI is InChI=1S/C20H16F3N3O3S/c21-20(22,23)29-16-7-4-8-17(11-16)30(27,28)26-10-9-18-15(13-26)12-24-19(25-18)14-5-2-1-3-6-14/h1-8,11-12H,9-10,13H2. The number of hydrogen-bond acceptors (Lipinski definition) is 5. The molecule has 0 saturated carbocycles. The van der Waals surface area contributed by atoms with Crippen LogP contribution in [0.5, 0.6) is 5.75 Å². The van der Waals surface area contributed by atoms with Crippen molar-refractivity contribution in [3.05, 3.63) is 72.1 Å². The highest BCUT2D eigenvalue weighted by atomic mass is 32.2. The molecule has 2 heterocycles. The molecular formula is C20H16F3N3O3S. The van der Waals surface area contributed by atoms with Gasteiger partial charge in [0.15, 0.2) is 5.82 Å². The van der Waals surface area contributed by atoms with Gasteiger partial charge in [-0.15, -0.1) is 13.2 Å². The molecule has 0 spiro atoms. The summed E-state index contributed by atoms with van der Waals surface area (Å²) in [6.07, 6.45) is -2.94. The van der Waals surface area contributed by atoms with Gasteiger partial charge < -0.3 is 4.74 Å². The van der Waals surface area contributed by atoms with Crippen LogP contribution < -0.4 is 4.74 Å². The van der Waals surface area contributed by atoms with Crippen LogP contribution in [0.2, 0.25) is 0 Å². The van der Waals surface area contributed by atoms with Gasteiger partial charge in [-0.3, -0.25) is 0 Å². The van der Waals surface area contributed by atoms with E-state index in [4.69, 9.17) is 0 Å². The van der Waals surface area contributed by atoms with Crippen LogP contribution in [0.1, 0.15) is 11.3 Å². The Hall–Kier alpha value is -2.98. The fourth-order valence-electron chi connectivity index (χ4n) is 3.20. The van der Waals surface area contributed by atoms with Crippen LogP contribution in [-0.2, 0) is 23.0 Å². The van der Waals surface area contributed by atoms with Crippen molar-refractivity contribution in [2.24, 2.45) is 0 Å². The molecule has 4 rings (SSSR count). The molecule has 0 atom stereocenters. The number of rotatable bonds is 4. The number of sulfonamides is 1. The molecule has 0 radical (unpaired) electrons. The minimum atomic E-state index is -4.90. The van der Waals surface area contributed by atoms with Gasteiger partial charge >= 0.3 is 6.36 Å². The topological polar surface area (TPSA) is 72.4 Å². The third-order valence-electron chi connectivity index (χ3n) is 4.61. The Morgan fingerprint density at radius 1 is 1.03 bits per heavy atom. The number of hydrogen-bond donors (Lipinski definition) is 0. The van der Waals surface area contributed by atoms with Crippen LogP contribution in [-0.4, -0.2) is 35.6 Å². The molecule has 0 amide bonds. The molecule has 6 nitrogen and oxygen atoms in total. The zero-order chi connectivity index (χ0) is 21.4. The molecule has 3 aromatic rings. The molecule has 0 aliphatic carbocycles. The second kappa shape index (κ2) is 7.69. The molecule has 10 heteroatoms. The molecule has 0 fully saturated rings. The Labute approximate surface area is 171 Å². The van der Waals surface area contributed by atoms with E-state index >= 15 is 0 Å². The fraction of sp³-hybridized carbons (Fsp3) is 0.200. The number of aromatic nitrogens is 2. The summed E-state index contributed by atoms with van der Waals surface area (Å²) in [7, 11) is -4.01. The lowest BCUT2D eigenvalue weighted by molar-refractivity contribution is -0.274. The lowest BCUT2D eigenvalue weighted by atomic mass is 10.1. The minimum absolute atomic E-state index is 0.0388. The van der Waals surface area contributed by atoms with Gasteiger partial charge in [-0.1, -0.05) is 36.4 Å². The minimum Gasteiger partial charge on any atom is -0.406 e. The summed E-state index contributed by atoms with van der Waals surface area (Å²) < 4.78 is 68.3. The maximum Gasteiger partial charge on any atom is 0.573 e. The third-order valence-corrected chi connectivity index (χ3v) is 6.45. The maximum atomic E-state index is 13.0. The van der Waals surface area contributed by atoms with E-state index in [0.29, 0.717) is 17.8 Å². The van der Waals surface area contributed by atoms with Crippen molar-refractivity contribution in [2.75, 3.05) is 6.54 Å². The monoisotopic (exact) mass is 435 g/mol. The van der Waals surface area contributed by atoms with Gasteiger partial charge in [0.05, 0.1) is 10.6 Å². The van der Waals surface area contributed by atoms with Gasteiger partial charge in [0.2, 0.25) is 10.0 Å². The Morgan fingerprint density at radius 3 is 2.53 bits per heavy atom. The van der Waals surface area contributed by atoms with Crippen LogP contribution in [0.25, 0.3) is 11.4 Å². The second-order valence-corrected chi connectivity index (χ2v) is 8.58. The van der Waals surface area contributed by atoms with E-state index in [-0.39, 0.29) is 18.0 Å². The Balaban J connectivity index is 1.58. The van der Waals surface area contributed by atoms with Crippen molar-refractivity contribution in [3.8, 4) is 17.1 Å². The van der Waals surface area contributed by atoms with E-state index in [1.54, 1.807) is 6.20 Å². The van der Waals surface area contributed by atoms with Gasteiger partial charge in [0.1, 0.15) is 5.75 Å². The molecule has 0 N–H and O–H groups in total. The average molecular weight is 435 g/mol. The van der Waals surface area contributed by atoms with Crippen LogP contribution in [0.15, 0.2) is 65.7 Å². The van der Waals surface area contributed by atoms with Gasteiger partial charge in [-0.2, -0.15) is 4.31 Å². The zero-order valence-electron chi connectivity index (χ0n) is 15.5. The predicted octanol–water partition coefficient (Wildman–Crippen LogP) is 3.79. The molecule has 0 unspecified atom stereocenters. The van der Waals surface area contributed by atoms with Gasteiger partial charge in [0.25, 0.3) is 0 Å². The highest BCUT2D eigenvalue weighted by Crippen LogP contribution is 2.29. The number of fused-ring (bicyclic) bond motifs is 1. The van der Waals surface area contributed by atoms with E-state index in [2.05, 4.69) is 14.7 Å². The van der Waals surface area contributed by atoms with Crippen molar-refractivity contribution in [2.45, 2.75) is 24.2 Å². The Bertz CT molecular complexity index is 1170. The molecule has 1 aliphatic heterocycles. The van der Waals surface area contributed by atoms with E-state index in [1.807, 2.05) is 30.3 Å². The second-order valence-electron chi connectivity index (χ2n) is 6.64. The smallest absolute Gasteiger partial charge is 0.406 e. The van der Waals surface area contributed by atoms with Crippen molar-refractivity contribution >= 4 is 10.0 Å². The van der Waals surface area contributed by atoms with E-state index in [1.165, 1.54) is 16.4 Å². The Kier molecular flexibility index (Phi) is 5.20. The summed E-state index contributed by atoms with van der Waals surface area (Å²) in [4.78, 5) is 8.61. The van der Waals surface area contributed by atoms with Crippen LogP contribution in [0.3, 0.4) is 0 Å². The SMILES string of the molecule is O=S(=O)(c1cccc(OC(F)(F)F)c1)N1CCc2nc(-c3ccccc3)ncc2C1. The summed E-state index contributed by atoms with van der Waals surface area (Å²) in [6, 6.07) is 13.8. The van der Waals surface area contributed by atoms with Crippen molar-refractivity contribution < 1.29 is 26.3 Å². The van der Waals surface area contributed by atoms with Crippen LogP contribution in [0.4, 0.5) is 13.2 Å². The molecule has 0 saturated heterocycles. The number of ether oxygens (including phenoxy) is 1. The van der Waals surface area contributed by atoms with E-state index in [0.717, 1.165) is 23.4 Å². The maximum absolute atomic E-state index is 13.0. The first-order chi connectivity index (χ1) is 14.2. The number of halogens is 3. The number of benzene rings is 2. The molecule has 2 aromatic carbocycles. The zero-order valence-corrected chi connectivity index (χ0v) is 16.3. The fourth-order valence-corrected chi connectivity index (χ4v) is 4.66. The largest absolute Gasteiger partial charge is 0.573 e. The first-order valence-corrected chi connectivity index (χ1v) is 10.4. The molecule has 30 heavy (non-hydrogen) atoms. The van der Waals surface area contributed by atoms with Gasteiger partial charge in [-0.05, 0) is 12.1 Å². The molecule has 156 valence electrons. The highest BCUT2D eigenvalue weighted by molar-refractivity contribution is 7.89. The summed E-state index contributed by atoms with van der Waals surface area (Å²) in [5, 5.41) is 0. The lowest BCUT2D eigenvalue weighted by Gasteiger charge is -2.27. The van der Waals surface area contributed by atoms with Crippen LogP contribution in [0, 0.1) is 0 Å². The van der Waals surface area contributed by atoms with E-state index in [9.17, 15) is 21.6 Å². The van der Waals surface area contributed by atoms with Crippen LogP contribution >= 0.6 is 0 Å². The molecular weight excluding hydrogens is 419 g/mol. The molecule has 0 bridgehead atoms. The quantitative estimate of drug-likeness (QED) is 0.624. The third kappa shape index (κ3) is 4.29. The molecule has 1 aliphatic rings. The normalized spacial score (nSPS) is 14.9. The predicted molar refractivity (Wildman–Crippen MR) is 102 cm³/mol. The summed E-state index contributed by atoms with van der Waals surface area (Å²) >= 11 is 0. The Morgan fingerprint density at radius 2 is 1.80 bits per heavy atom. The van der Waals surface area contributed by atoms with Crippen molar-refractivity contribution in [3.63, 3.8) is 0 Å². The van der Waals surface area contributed by atoms with Crippen molar-refractivity contribution in [1.29, 1.82) is 0 Å².